The maximum absolute atomic E-state index is 13.3. The van der Waals surface area contributed by atoms with Crippen molar-refractivity contribution in [3.8, 4) is 11.5 Å². The molecule has 5 rings (SSSR count). The van der Waals surface area contributed by atoms with E-state index >= 15 is 0 Å². The lowest BCUT2D eigenvalue weighted by atomic mass is 9.93. The van der Waals surface area contributed by atoms with Crippen LogP contribution in [0.25, 0.3) is 10.3 Å². The van der Waals surface area contributed by atoms with Crippen LogP contribution in [0.3, 0.4) is 0 Å². The number of methoxy groups -OCH3 is 2. The average molecular weight is 592 g/mol. The van der Waals surface area contributed by atoms with E-state index in [1.54, 1.807) is 74.1 Å². The van der Waals surface area contributed by atoms with Gasteiger partial charge in [0.25, 0.3) is 0 Å². The molecule has 222 valence electrons. The molecule has 0 atom stereocenters. The number of benzene rings is 2. The third kappa shape index (κ3) is 7.03. The van der Waals surface area contributed by atoms with Crippen molar-refractivity contribution in [2.24, 2.45) is 0 Å². The quantitative estimate of drug-likeness (QED) is 0.192. The van der Waals surface area contributed by atoms with Crippen LogP contribution < -0.4 is 20.1 Å². The zero-order chi connectivity index (χ0) is 29.5. The minimum atomic E-state index is -0.507. The smallest absolute Gasteiger partial charge is 0.329 e. The molecule has 4 aromatic rings. The second kappa shape index (κ2) is 13.7. The van der Waals surface area contributed by atoms with E-state index in [1.807, 2.05) is 0 Å². The molecule has 0 saturated carbocycles. The second-order valence-electron chi connectivity index (χ2n) is 10.4. The predicted octanol–water partition coefficient (Wildman–Crippen LogP) is 6.94. The number of fused-ring (bicyclic) bond motifs is 1. The number of carbonyl (C=O) groups excluding carboxylic acids is 2. The molecule has 0 bridgehead atoms. The number of hydrogen-bond acceptors (Lipinski definition) is 8. The summed E-state index contributed by atoms with van der Waals surface area (Å²) in [4.78, 5) is 30.2. The first-order chi connectivity index (χ1) is 20.4. The van der Waals surface area contributed by atoms with Gasteiger partial charge in [-0.2, -0.15) is 0 Å². The fourth-order valence-corrected chi connectivity index (χ4v) is 6.27. The van der Waals surface area contributed by atoms with Gasteiger partial charge in [0.2, 0.25) is 0 Å². The molecule has 2 N–H and O–H groups in total. The number of ether oxygens (including phenoxy) is 2. The molecule has 1 aliphatic heterocycles. The van der Waals surface area contributed by atoms with E-state index in [1.165, 1.54) is 9.60 Å². The number of nitrogens with one attached hydrogen (secondary N) is 2. The highest BCUT2D eigenvalue weighted by atomic mass is 32.1. The van der Waals surface area contributed by atoms with E-state index in [-0.39, 0.29) is 6.54 Å². The number of thiophene rings is 1. The Morgan fingerprint density at radius 3 is 2.21 bits per heavy atom. The Hall–Kier alpha value is -4.09. The molecule has 0 radical (unpaired) electrons. The third-order valence-electron chi connectivity index (χ3n) is 7.60. The van der Waals surface area contributed by atoms with Gasteiger partial charge in [-0.15, -0.1) is 11.3 Å². The number of piperidine rings is 1. The van der Waals surface area contributed by atoms with Crippen molar-refractivity contribution < 1.29 is 23.6 Å². The van der Waals surface area contributed by atoms with Gasteiger partial charge in [-0.1, -0.05) is 17.3 Å². The summed E-state index contributed by atoms with van der Waals surface area (Å²) < 4.78 is 17.3. The average Bonchev–Trinajstić information content (AvgIpc) is 3.60. The molecule has 0 spiro atoms. The van der Waals surface area contributed by atoms with E-state index in [0.717, 1.165) is 55.7 Å². The van der Waals surface area contributed by atoms with Crippen molar-refractivity contribution in [1.29, 1.82) is 0 Å². The highest BCUT2D eigenvalue weighted by Gasteiger charge is 2.27. The van der Waals surface area contributed by atoms with Gasteiger partial charge in [-0.05, 0) is 81.9 Å². The number of urea groups is 2. The zero-order valence-electron chi connectivity index (χ0n) is 24.2. The van der Waals surface area contributed by atoms with Gasteiger partial charge in [0.1, 0.15) is 17.2 Å². The van der Waals surface area contributed by atoms with Gasteiger partial charge in [-0.3, -0.25) is 0 Å². The van der Waals surface area contributed by atoms with Gasteiger partial charge >= 0.3 is 12.1 Å². The molecule has 11 heteroatoms. The Bertz CT molecular complexity index is 1450. The number of hydrogen-bond donors (Lipinski definition) is 2. The Balaban J connectivity index is 1.15. The van der Waals surface area contributed by atoms with Crippen molar-refractivity contribution in [2.45, 2.75) is 38.5 Å². The number of amides is 4. The number of rotatable bonds is 10. The first kappa shape index (κ1) is 29.4. The van der Waals surface area contributed by atoms with Gasteiger partial charge < -0.3 is 29.5 Å². The van der Waals surface area contributed by atoms with Crippen molar-refractivity contribution in [3.05, 3.63) is 65.2 Å². The summed E-state index contributed by atoms with van der Waals surface area (Å²) in [5.74, 6) is 1.64. The number of likely N-dealkylation sites (tertiary alicyclic amines) is 1. The molecule has 10 nitrogen and oxygen atoms in total. The number of nitrogens with zero attached hydrogens (tertiary/aromatic N) is 3. The third-order valence-corrected chi connectivity index (χ3v) is 8.70. The fourth-order valence-electron chi connectivity index (χ4n) is 5.23. The van der Waals surface area contributed by atoms with Crippen LogP contribution in [-0.2, 0) is 0 Å². The molecule has 2 aromatic heterocycles. The molecule has 1 saturated heterocycles. The monoisotopic (exact) mass is 591 g/mol. The van der Waals surface area contributed by atoms with Crippen molar-refractivity contribution in [1.82, 2.24) is 15.0 Å². The van der Waals surface area contributed by atoms with Crippen LogP contribution in [0.2, 0.25) is 0 Å². The summed E-state index contributed by atoms with van der Waals surface area (Å²) in [6.07, 6.45) is 3.61. The summed E-state index contributed by atoms with van der Waals surface area (Å²) in [6.45, 7) is 5.21. The number of anilines is 2. The highest BCUT2D eigenvalue weighted by molar-refractivity contribution is 7.17. The summed E-state index contributed by atoms with van der Waals surface area (Å²) in [5.41, 5.74) is 4.26. The SMILES string of the molecule is COc1cccc(NC(=O)N(CCCCN2CCC(c3noc4c(C)csc34)CC2)C(=O)Nc2cccc(OC)c2)c1. The number of aromatic nitrogens is 1. The van der Waals surface area contributed by atoms with Crippen LogP contribution in [0.5, 0.6) is 11.5 Å². The van der Waals surface area contributed by atoms with Gasteiger partial charge in [-0.25, -0.2) is 14.5 Å². The molecule has 0 unspecified atom stereocenters. The number of aryl methyl sites for hydroxylation is 1. The highest BCUT2D eigenvalue weighted by Crippen LogP contribution is 2.36. The predicted molar refractivity (Wildman–Crippen MR) is 165 cm³/mol. The Labute approximate surface area is 249 Å². The molecular formula is C31H37N5O5S. The first-order valence-corrected chi connectivity index (χ1v) is 15.1. The van der Waals surface area contributed by atoms with E-state index < -0.39 is 12.1 Å². The standard InChI is InChI=1S/C31H37N5O5S/c1-21-20-42-29-27(34-41-28(21)29)22-12-16-35(17-13-22)14-4-5-15-36(30(37)32-23-8-6-10-25(18-23)39-2)31(38)33-24-9-7-11-26(19-24)40-3/h6-11,18-20,22H,4-5,12-17H2,1-3H3,(H,32,37)(H,33,38). The van der Waals surface area contributed by atoms with Gasteiger partial charge in [0.05, 0.1) is 18.9 Å². The summed E-state index contributed by atoms with van der Waals surface area (Å²) in [7, 11) is 3.13. The normalized spacial score (nSPS) is 14.1. The number of carbonyl (C=O) groups is 2. The minimum absolute atomic E-state index is 0.275. The molecule has 0 aliphatic carbocycles. The fraction of sp³-hybridized carbons (Fsp3) is 0.387. The topological polar surface area (TPSA) is 109 Å². The molecule has 42 heavy (non-hydrogen) atoms. The van der Waals surface area contributed by atoms with Crippen LogP contribution in [-0.4, -0.2) is 67.4 Å². The second-order valence-corrected chi connectivity index (χ2v) is 11.3. The largest absolute Gasteiger partial charge is 0.497 e. The molecule has 1 aliphatic rings. The summed E-state index contributed by atoms with van der Waals surface area (Å²) in [5, 5.41) is 12.2. The van der Waals surface area contributed by atoms with Crippen LogP contribution in [0.1, 0.15) is 42.9 Å². The molecular weight excluding hydrogens is 554 g/mol. The number of imide groups is 1. The van der Waals surface area contributed by atoms with Gasteiger partial charge in [0.15, 0.2) is 5.58 Å². The molecule has 2 aromatic carbocycles. The molecule has 1 fully saturated rings. The van der Waals surface area contributed by atoms with E-state index in [2.05, 4.69) is 33.0 Å². The maximum atomic E-state index is 13.3. The lowest BCUT2D eigenvalue weighted by Crippen LogP contribution is -2.43. The van der Waals surface area contributed by atoms with Crippen molar-refractivity contribution in [2.75, 3.05) is 51.0 Å². The Kier molecular flexibility index (Phi) is 9.60. The van der Waals surface area contributed by atoms with Crippen molar-refractivity contribution >= 4 is 45.1 Å². The first-order valence-electron chi connectivity index (χ1n) is 14.2. The Morgan fingerprint density at radius 2 is 1.62 bits per heavy atom. The van der Waals surface area contributed by atoms with Crippen molar-refractivity contribution in [3.63, 3.8) is 0 Å². The number of unbranched alkanes of at least 4 members (excludes halogenated alkanes) is 1. The van der Waals surface area contributed by atoms with Crippen LogP contribution >= 0.6 is 11.3 Å². The van der Waals surface area contributed by atoms with E-state index in [0.29, 0.717) is 35.2 Å². The summed E-state index contributed by atoms with van der Waals surface area (Å²) in [6, 6.07) is 13.1. The summed E-state index contributed by atoms with van der Waals surface area (Å²) >= 11 is 1.72. The lowest BCUT2D eigenvalue weighted by Gasteiger charge is -2.31. The minimum Gasteiger partial charge on any atom is -0.497 e. The van der Waals surface area contributed by atoms with E-state index in [9.17, 15) is 9.59 Å². The van der Waals surface area contributed by atoms with Crippen LogP contribution in [0, 0.1) is 6.92 Å². The Morgan fingerprint density at radius 1 is 1.00 bits per heavy atom. The maximum Gasteiger partial charge on any atom is 0.329 e. The van der Waals surface area contributed by atoms with Gasteiger partial charge in [0, 0.05) is 41.5 Å². The zero-order valence-corrected chi connectivity index (χ0v) is 25.0. The van der Waals surface area contributed by atoms with Crippen LogP contribution in [0.4, 0.5) is 21.0 Å². The van der Waals surface area contributed by atoms with Crippen LogP contribution in [0.15, 0.2) is 58.4 Å². The lowest BCUT2D eigenvalue weighted by molar-refractivity contribution is 0.193. The van der Waals surface area contributed by atoms with E-state index in [4.69, 9.17) is 14.0 Å². The molecule has 4 amide bonds. The molecule has 3 heterocycles.